The molecular formula is C19H24. The molecule has 0 bridgehead atoms. The van der Waals surface area contributed by atoms with Crippen LogP contribution in [0.3, 0.4) is 0 Å². The molecule has 0 N–H and O–H groups in total. The van der Waals surface area contributed by atoms with E-state index in [9.17, 15) is 0 Å². The van der Waals surface area contributed by atoms with Gasteiger partial charge in [-0.05, 0) is 93.0 Å². The summed E-state index contributed by atoms with van der Waals surface area (Å²) in [6.45, 7) is 15.6. The molecule has 0 spiro atoms. The molecule has 19 heavy (non-hydrogen) atoms. The summed E-state index contributed by atoms with van der Waals surface area (Å²) in [5.74, 6) is 0. The fraction of sp³-hybridized carbons (Fsp3) is 0.368. The van der Waals surface area contributed by atoms with Crippen molar-refractivity contribution in [1.82, 2.24) is 0 Å². The molecule has 2 aromatic rings. The Bertz CT molecular complexity index is 617. The summed E-state index contributed by atoms with van der Waals surface area (Å²) in [6, 6.07) is 6.76. The maximum atomic E-state index is 2.28. The highest BCUT2D eigenvalue weighted by molar-refractivity contribution is 5.77. The Hall–Kier alpha value is -1.56. The van der Waals surface area contributed by atoms with Gasteiger partial charge in [0, 0.05) is 0 Å². The molecule has 0 aliphatic rings. The molecule has 0 nitrogen and oxygen atoms in total. The van der Waals surface area contributed by atoms with Crippen LogP contribution in [0.15, 0.2) is 18.2 Å². The monoisotopic (exact) mass is 252 g/mol. The molecule has 0 atom stereocenters. The highest BCUT2D eigenvalue weighted by atomic mass is 14.2. The maximum absolute atomic E-state index is 2.28. The summed E-state index contributed by atoms with van der Waals surface area (Å²) < 4.78 is 0. The summed E-state index contributed by atoms with van der Waals surface area (Å²) in [5, 5.41) is 0. The van der Waals surface area contributed by atoms with Crippen molar-refractivity contribution in [3.05, 3.63) is 57.1 Å². The standard InChI is InChI=1S/C19H24/c1-11-8-9-18(12(2)10-11)19-16(6)14(4)13(3)15(5)17(19)7/h8-10H,1-7H3. The third kappa shape index (κ3) is 2.20. The van der Waals surface area contributed by atoms with Crippen molar-refractivity contribution in [2.24, 2.45) is 0 Å². The third-order valence-electron chi connectivity index (χ3n) is 4.65. The first-order chi connectivity index (χ1) is 8.84. The van der Waals surface area contributed by atoms with E-state index in [0.717, 1.165) is 0 Å². The van der Waals surface area contributed by atoms with E-state index in [2.05, 4.69) is 66.7 Å². The minimum Gasteiger partial charge on any atom is -0.0587 e. The molecular weight excluding hydrogens is 228 g/mol. The van der Waals surface area contributed by atoms with Crippen LogP contribution >= 0.6 is 0 Å². The lowest BCUT2D eigenvalue weighted by molar-refractivity contribution is 1.17. The van der Waals surface area contributed by atoms with Crippen LogP contribution in [0, 0.1) is 48.5 Å². The lowest BCUT2D eigenvalue weighted by Crippen LogP contribution is -2.00. The van der Waals surface area contributed by atoms with Crippen LogP contribution in [0.1, 0.15) is 38.9 Å². The average Bonchev–Trinajstić information content (AvgIpc) is 2.37. The lowest BCUT2D eigenvalue weighted by Gasteiger charge is -2.20. The van der Waals surface area contributed by atoms with E-state index in [-0.39, 0.29) is 0 Å². The summed E-state index contributed by atoms with van der Waals surface area (Å²) in [5.41, 5.74) is 12.6. The van der Waals surface area contributed by atoms with E-state index in [0.29, 0.717) is 0 Å². The second-order valence-electron chi connectivity index (χ2n) is 5.82. The molecule has 0 aliphatic heterocycles. The van der Waals surface area contributed by atoms with Crippen molar-refractivity contribution < 1.29 is 0 Å². The lowest BCUT2D eigenvalue weighted by atomic mass is 9.85. The minimum absolute atomic E-state index is 1.33. The Kier molecular flexibility index (Phi) is 3.54. The Morgan fingerprint density at radius 2 is 1.05 bits per heavy atom. The number of benzene rings is 2. The van der Waals surface area contributed by atoms with E-state index in [4.69, 9.17) is 0 Å². The normalized spacial score (nSPS) is 10.9. The first kappa shape index (κ1) is 13.9. The highest BCUT2D eigenvalue weighted by Gasteiger charge is 2.14. The van der Waals surface area contributed by atoms with E-state index in [1.165, 1.54) is 50.1 Å². The van der Waals surface area contributed by atoms with Crippen LogP contribution in [0.2, 0.25) is 0 Å². The van der Waals surface area contributed by atoms with Crippen LogP contribution in [0.4, 0.5) is 0 Å². The first-order valence-corrected chi connectivity index (χ1v) is 6.99. The number of aryl methyl sites for hydroxylation is 2. The zero-order valence-corrected chi connectivity index (χ0v) is 13.2. The predicted octanol–water partition coefficient (Wildman–Crippen LogP) is 5.51. The largest absolute Gasteiger partial charge is 0.0587 e. The highest BCUT2D eigenvalue weighted by Crippen LogP contribution is 2.35. The first-order valence-electron chi connectivity index (χ1n) is 6.99. The van der Waals surface area contributed by atoms with Crippen molar-refractivity contribution in [2.75, 3.05) is 0 Å². The van der Waals surface area contributed by atoms with E-state index in [1.807, 2.05) is 0 Å². The van der Waals surface area contributed by atoms with Crippen molar-refractivity contribution >= 4 is 0 Å². The van der Waals surface area contributed by atoms with E-state index >= 15 is 0 Å². The van der Waals surface area contributed by atoms with Gasteiger partial charge in [0.1, 0.15) is 0 Å². The van der Waals surface area contributed by atoms with Gasteiger partial charge >= 0.3 is 0 Å². The maximum Gasteiger partial charge on any atom is -0.0117 e. The Labute approximate surface area is 117 Å². The molecule has 100 valence electrons. The summed E-state index contributed by atoms with van der Waals surface area (Å²) in [4.78, 5) is 0. The van der Waals surface area contributed by atoms with Crippen LogP contribution < -0.4 is 0 Å². The van der Waals surface area contributed by atoms with Gasteiger partial charge in [0.15, 0.2) is 0 Å². The smallest absolute Gasteiger partial charge is 0.0117 e. The van der Waals surface area contributed by atoms with Gasteiger partial charge in [-0.3, -0.25) is 0 Å². The van der Waals surface area contributed by atoms with Crippen LogP contribution in [-0.2, 0) is 0 Å². The quantitative estimate of drug-likeness (QED) is 0.627. The minimum atomic E-state index is 1.33. The molecule has 0 heteroatoms. The van der Waals surface area contributed by atoms with Gasteiger partial charge in [-0.15, -0.1) is 0 Å². The number of hydrogen-bond donors (Lipinski definition) is 0. The molecule has 0 fully saturated rings. The third-order valence-corrected chi connectivity index (χ3v) is 4.65. The van der Waals surface area contributed by atoms with Gasteiger partial charge in [0.05, 0.1) is 0 Å². The zero-order valence-electron chi connectivity index (χ0n) is 13.2. The summed E-state index contributed by atoms with van der Waals surface area (Å²) in [6.07, 6.45) is 0. The second-order valence-corrected chi connectivity index (χ2v) is 5.82. The Morgan fingerprint density at radius 1 is 0.579 bits per heavy atom. The SMILES string of the molecule is Cc1ccc(-c2c(C)c(C)c(C)c(C)c2C)c(C)c1. The van der Waals surface area contributed by atoms with Gasteiger partial charge < -0.3 is 0 Å². The summed E-state index contributed by atoms with van der Waals surface area (Å²) >= 11 is 0. The van der Waals surface area contributed by atoms with Gasteiger partial charge in [0.2, 0.25) is 0 Å². The topological polar surface area (TPSA) is 0 Å². The molecule has 2 rings (SSSR count). The molecule has 2 aromatic carbocycles. The fourth-order valence-electron chi connectivity index (χ4n) is 3.00. The predicted molar refractivity (Wildman–Crippen MR) is 85.0 cm³/mol. The van der Waals surface area contributed by atoms with Crippen molar-refractivity contribution in [3.8, 4) is 11.1 Å². The van der Waals surface area contributed by atoms with E-state index in [1.54, 1.807) is 0 Å². The molecule has 0 amide bonds. The molecule has 0 aliphatic carbocycles. The van der Waals surface area contributed by atoms with Gasteiger partial charge in [-0.2, -0.15) is 0 Å². The van der Waals surface area contributed by atoms with Crippen LogP contribution in [-0.4, -0.2) is 0 Å². The second kappa shape index (κ2) is 4.85. The van der Waals surface area contributed by atoms with Crippen molar-refractivity contribution in [2.45, 2.75) is 48.5 Å². The molecule has 0 aromatic heterocycles. The Balaban J connectivity index is 2.83. The molecule has 0 heterocycles. The van der Waals surface area contributed by atoms with Gasteiger partial charge in [0.25, 0.3) is 0 Å². The van der Waals surface area contributed by atoms with Gasteiger partial charge in [-0.25, -0.2) is 0 Å². The fourth-order valence-corrected chi connectivity index (χ4v) is 3.00. The summed E-state index contributed by atoms with van der Waals surface area (Å²) in [7, 11) is 0. The average molecular weight is 252 g/mol. The number of hydrogen-bond acceptors (Lipinski definition) is 0. The Morgan fingerprint density at radius 3 is 1.53 bits per heavy atom. The zero-order chi connectivity index (χ0) is 14.3. The molecule has 0 saturated heterocycles. The molecule has 0 saturated carbocycles. The molecule has 0 radical (unpaired) electrons. The van der Waals surface area contributed by atoms with E-state index < -0.39 is 0 Å². The molecule has 0 unspecified atom stereocenters. The van der Waals surface area contributed by atoms with Crippen molar-refractivity contribution in [3.63, 3.8) is 0 Å². The van der Waals surface area contributed by atoms with Crippen LogP contribution in [0.25, 0.3) is 11.1 Å². The van der Waals surface area contributed by atoms with Gasteiger partial charge in [-0.1, -0.05) is 23.8 Å². The number of rotatable bonds is 1. The van der Waals surface area contributed by atoms with Crippen molar-refractivity contribution in [1.29, 1.82) is 0 Å². The van der Waals surface area contributed by atoms with Crippen LogP contribution in [0.5, 0.6) is 0 Å².